The van der Waals surface area contributed by atoms with Gasteiger partial charge in [0.1, 0.15) is 11.6 Å². The fourth-order valence-electron chi connectivity index (χ4n) is 1.06. The largest absolute Gasteiger partial charge is 0.496 e. The van der Waals surface area contributed by atoms with Crippen LogP contribution in [0.25, 0.3) is 0 Å². The van der Waals surface area contributed by atoms with E-state index in [4.69, 9.17) is 15.4 Å². The average molecular weight is 318 g/mol. The van der Waals surface area contributed by atoms with Crippen LogP contribution in [-0.2, 0) is 14.8 Å². The zero-order chi connectivity index (χ0) is 11.6. The first-order valence-electron chi connectivity index (χ1n) is 3.77. The molecule has 0 amide bonds. The van der Waals surface area contributed by atoms with E-state index in [1.807, 2.05) is 0 Å². The Hall–Kier alpha value is -0.330. The third-order valence-corrected chi connectivity index (χ3v) is 3.24. The minimum Gasteiger partial charge on any atom is -0.496 e. The molecular weight excluding hydrogens is 311 g/mol. The van der Waals surface area contributed by atoms with Crippen molar-refractivity contribution >= 4 is 35.7 Å². The summed E-state index contributed by atoms with van der Waals surface area (Å²) in [5, 5.41) is 0. The molecule has 0 fully saturated rings. The fourth-order valence-corrected chi connectivity index (χ4v) is 2.40. The molecule has 0 aliphatic carbocycles. The van der Waals surface area contributed by atoms with Crippen molar-refractivity contribution < 1.29 is 17.5 Å². The molecule has 0 aromatic heterocycles. The second-order valence-corrected chi connectivity index (χ2v) is 6.39. The van der Waals surface area contributed by atoms with Crippen LogP contribution in [0.5, 0.6) is 5.75 Å². The van der Waals surface area contributed by atoms with Gasteiger partial charge in [-0.05, 0) is 22.0 Å². The van der Waals surface area contributed by atoms with Crippen LogP contribution in [0.3, 0.4) is 0 Å². The molecule has 0 atom stereocenters. The maximum absolute atomic E-state index is 13.1. The van der Waals surface area contributed by atoms with Gasteiger partial charge < -0.3 is 4.74 Å². The molecule has 0 aliphatic heterocycles. The molecule has 0 bridgehead atoms. The smallest absolute Gasteiger partial charge is 0.236 e. The summed E-state index contributed by atoms with van der Waals surface area (Å²) in [5.74, 6) is -0.779. The number of ether oxygens (including phenoxy) is 1. The molecule has 15 heavy (non-hydrogen) atoms. The van der Waals surface area contributed by atoms with Crippen LogP contribution in [-0.4, -0.2) is 15.5 Å². The van der Waals surface area contributed by atoms with Gasteiger partial charge >= 0.3 is 0 Å². The molecule has 0 spiro atoms. The second-order valence-electron chi connectivity index (χ2n) is 2.76. The number of hydrogen-bond donors (Lipinski definition) is 0. The summed E-state index contributed by atoms with van der Waals surface area (Å²) in [6, 6.07) is 2.43. The molecule has 0 N–H and O–H groups in total. The third-order valence-electron chi connectivity index (χ3n) is 1.65. The highest BCUT2D eigenvalue weighted by Gasteiger charge is 2.14. The van der Waals surface area contributed by atoms with E-state index in [1.54, 1.807) is 0 Å². The SMILES string of the molecule is COc1cc(F)c(Br)cc1CS(=O)(=O)Cl. The van der Waals surface area contributed by atoms with E-state index in [-0.39, 0.29) is 10.2 Å². The summed E-state index contributed by atoms with van der Waals surface area (Å²) in [7, 11) is 2.73. The zero-order valence-corrected chi connectivity index (χ0v) is 10.8. The Bertz CT molecular complexity index is 475. The highest BCUT2D eigenvalue weighted by Crippen LogP contribution is 2.28. The minimum atomic E-state index is -3.69. The monoisotopic (exact) mass is 316 g/mol. The second kappa shape index (κ2) is 4.67. The minimum absolute atomic E-state index is 0.153. The summed E-state index contributed by atoms with van der Waals surface area (Å²) in [6.45, 7) is 0. The summed E-state index contributed by atoms with van der Waals surface area (Å²) in [4.78, 5) is 0. The number of rotatable bonds is 3. The van der Waals surface area contributed by atoms with Crippen molar-refractivity contribution in [3.05, 3.63) is 28.0 Å². The normalized spacial score (nSPS) is 11.5. The lowest BCUT2D eigenvalue weighted by Crippen LogP contribution is -1.99. The van der Waals surface area contributed by atoms with E-state index in [2.05, 4.69) is 15.9 Å². The van der Waals surface area contributed by atoms with Crippen LogP contribution in [0.1, 0.15) is 5.56 Å². The quantitative estimate of drug-likeness (QED) is 0.805. The number of hydrogen-bond acceptors (Lipinski definition) is 3. The third kappa shape index (κ3) is 3.62. The Kier molecular flexibility index (Phi) is 3.97. The lowest BCUT2D eigenvalue weighted by molar-refractivity contribution is 0.407. The molecule has 1 rings (SSSR count). The van der Waals surface area contributed by atoms with Gasteiger partial charge in [0.05, 0.1) is 17.3 Å². The predicted molar refractivity (Wildman–Crippen MR) is 59.1 cm³/mol. The topological polar surface area (TPSA) is 43.4 Å². The van der Waals surface area contributed by atoms with Crippen LogP contribution >= 0.6 is 26.6 Å². The first kappa shape index (κ1) is 12.7. The molecule has 84 valence electrons. The molecule has 0 heterocycles. The molecule has 1 aromatic rings. The van der Waals surface area contributed by atoms with Gasteiger partial charge in [0.25, 0.3) is 0 Å². The first-order chi connectivity index (χ1) is 6.83. The summed E-state index contributed by atoms with van der Waals surface area (Å²) < 4.78 is 39.8. The van der Waals surface area contributed by atoms with Crippen LogP contribution in [0, 0.1) is 5.82 Å². The van der Waals surface area contributed by atoms with Gasteiger partial charge in [-0.2, -0.15) is 0 Å². The van der Waals surface area contributed by atoms with Crippen molar-refractivity contribution in [2.45, 2.75) is 5.75 Å². The van der Waals surface area contributed by atoms with Gasteiger partial charge in [-0.25, -0.2) is 12.8 Å². The Labute approximate surface area is 99.7 Å². The lowest BCUT2D eigenvalue weighted by Gasteiger charge is -2.07. The van der Waals surface area contributed by atoms with Crippen molar-refractivity contribution in [2.75, 3.05) is 7.11 Å². The fraction of sp³-hybridized carbons (Fsp3) is 0.250. The van der Waals surface area contributed by atoms with Gasteiger partial charge in [-0.15, -0.1) is 0 Å². The molecule has 3 nitrogen and oxygen atoms in total. The van der Waals surface area contributed by atoms with Crippen molar-refractivity contribution in [1.29, 1.82) is 0 Å². The van der Waals surface area contributed by atoms with Gasteiger partial charge in [0.15, 0.2) is 0 Å². The van der Waals surface area contributed by atoms with E-state index in [0.29, 0.717) is 5.56 Å². The Morgan fingerprint density at radius 3 is 2.60 bits per heavy atom. The summed E-state index contributed by atoms with van der Waals surface area (Å²) >= 11 is 2.95. The Morgan fingerprint density at radius 2 is 2.13 bits per heavy atom. The summed E-state index contributed by atoms with van der Waals surface area (Å²) in [5.41, 5.74) is 0.306. The van der Waals surface area contributed by atoms with E-state index in [0.717, 1.165) is 6.07 Å². The van der Waals surface area contributed by atoms with Crippen molar-refractivity contribution in [3.8, 4) is 5.75 Å². The summed E-state index contributed by atoms with van der Waals surface area (Å²) in [6.07, 6.45) is 0. The van der Waals surface area contributed by atoms with Crippen LogP contribution in [0.4, 0.5) is 4.39 Å². The number of methoxy groups -OCH3 is 1. The van der Waals surface area contributed by atoms with Crippen molar-refractivity contribution in [1.82, 2.24) is 0 Å². The molecule has 0 unspecified atom stereocenters. The van der Waals surface area contributed by atoms with Crippen molar-refractivity contribution in [2.24, 2.45) is 0 Å². The molecule has 1 aromatic carbocycles. The average Bonchev–Trinajstić information content (AvgIpc) is 2.08. The Morgan fingerprint density at radius 1 is 1.53 bits per heavy atom. The predicted octanol–water partition coefficient (Wildman–Crippen LogP) is 2.67. The van der Waals surface area contributed by atoms with Crippen molar-refractivity contribution in [3.63, 3.8) is 0 Å². The number of halogens is 3. The van der Waals surface area contributed by atoms with Crippen LogP contribution in [0.15, 0.2) is 16.6 Å². The highest BCUT2D eigenvalue weighted by molar-refractivity contribution is 9.10. The number of benzene rings is 1. The van der Waals surface area contributed by atoms with Gasteiger partial charge in [0, 0.05) is 22.3 Å². The molecule has 0 radical (unpaired) electrons. The van der Waals surface area contributed by atoms with E-state index >= 15 is 0 Å². The van der Waals surface area contributed by atoms with E-state index < -0.39 is 20.6 Å². The van der Waals surface area contributed by atoms with Gasteiger partial charge in [-0.3, -0.25) is 0 Å². The van der Waals surface area contributed by atoms with E-state index in [1.165, 1.54) is 13.2 Å². The molecule has 0 saturated heterocycles. The van der Waals surface area contributed by atoms with Crippen LogP contribution < -0.4 is 4.74 Å². The van der Waals surface area contributed by atoms with Crippen LogP contribution in [0.2, 0.25) is 0 Å². The first-order valence-corrected chi connectivity index (χ1v) is 7.05. The van der Waals surface area contributed by atoms with E-state index in [9.17, 15) is 12.8 Å². The maximum Gasteiger partial charge on any atom is 0.236 e. The standard InChI is InChI=1S/C8H7BrClFO3S/c1-14-8-3-7(11)6(9)2-5(8)4-15(10,12)13/h2-3H,4H2,1H3. The molecule has 7 heteroatoms. The molecule has 0 aliphatic rings. The zero-order valence-electron chi connectivity index (χ0n) is 7.63. The maximum atomic E-state index is 13.1. The van der Waals surface area contributed by atoms with Gasteiger partial charge in [0.2, 0.25) is 9.05 Å². The highest BCUT2D eigenvalue weighted by atomic mass is 79.9. The molecule has 0 saturated carbocycles. The van der Waals surface area contributed by atoms with Gasteiger partial charge in [-0.1, -0.05) is 0 Å². The lowest BCUT2D eigenvalue weighted by atomic mass is 10.2. The molecular formula is C8H7BrClFO3S. The Balaban J connectivity index is 3.22.